The summed E-state index contributed by atoms with van der Waals surface area (Å²) in [5, 5.41) is 10.1. The second kappa shape index (κ2) is 7.73. The first-order valence-electron chi connectivity index (χ1n) is 7.61. The van der Waals surface area contributed by atoms with E-state index in [0.29, 0.717) is 11.6 Å². The number of halogens is 1. The molecular weight excluding hydrogens is 342 g/mol. The van der Waals surface area contributed by atoms with E-state index < -0.39 is 0 Å². The van der Waals surface area contributed by atoms with E-state index in [-0.39, 0.29) is 0 Å². The molecule has 0 radical (unpaired) electrons. The lowest BCUT2D eigenvalue weighted by molar-refractivity contribution is 0.341. The molecule has 1 heterocycles. The van der Waals surface area contributed by atoms with Gasteiger partial charge in [0.2, 0.25) is 0 Å². The number of thioether (sulfide) groups is 1. The zero-order valence-corrected chi connectivity index (χ0v) is 15.1. The van der Waals surface area contributed by atoms with E-state index in [2.05, 4.69) is 10.2 Å². The van der Waals surface area contributed by atoms with Gasteiger partial charge in [-0.05, 0) is 42.8 Å². The van der Waals surface area contributed by atoms with E-state index in [1.54, 1.807) is 11.8 Å². The summed E-state index contributed by atoms with van der Waals surface area (Å²) in [5.41, 5.74) is 2.14. The second-order valence-corrected chi connectivity index (χ2v) is 6.83. The van der Waals surface area contributed by atoms with E-state index in [4.69, 9.17) is 16.3 Å². The number of benzene rings is 2. The minimum Gasteiger partial charge on any atom is -0.492 e. The Kier molecular flexibility index (Phi) is 5.43. The van der Waals surface area contributed by atoms with Crippen molar-refractivity contribution in [2.75, 3.05) is 12.4 Å². The van der Waals surface area contributed by atoms with Gasteiger partial charge < -0.3 is 9.30 Å². The Hall–Kier alpha value is -1.98. The summed E-state index contributed by atoms with van der Waals surface area (Å²) in [7, 11) is 1.97. The van der Waals surface area contributed by atoms with E-state index in [0.717, 1.165) is 33.6 Å². The quantitative estimate of drug-likeness (QED) is 0.475. The normalized spacial score (nSPS) is 10.8. The number of nitrogens with zero attached hydrogens (tertiary/aromatic N) is 3. The number of rotatable bonds is 6. The van der Waals surface area contributed by atoms with Crippen molar-refractivity contribution in [3.05, 3.63) is 59.1 Å². The Bertz CT molecular complexity index is 817. The summed E-state index contributed by atoms with van der Waals surface area (Å²) < 4.78 is 7.80. The molecule has 1 aromatic heterocycles. The van der Waals surface area contributed by atoms with Crippen LogP contribution in [0.1, 0.15) is 5.56 Å². The number of aryl methyl sites for hydroxylation is 1. The first kappa shape index (κ1) is 16.9. The largest absolute Gasteiger partial charge is 0.492 e. The summed E-state index contributed by atoms with van der Waals surface area (Å²) >= 11 is 7.56. The fourth-order valence-electron chi connectivity index (χ4n) is 2.29. The van der Waals surface area contributed by atoms with Crippen LogP contribution in [-0.4, -0.2) is 27.1 Å². The predicted molar refractivity (Wildman–Crippen MR) is 98.8 cm³/mol. The van der Waals surface area contributed by atoms with Gasteiger partial charge in [0, 0.05) is 23.4 Å². The standard InChI is InChI=1S/C18H18ClN3OS/c1-13-5-3-4-6-16(13)23-11-12-24-18-21-20-17(22(18)2)14-7-9-15(19)10-8-14/h3-10H,11-12H2,1-2H3. The van der Waals surface area contributed by atoms with Gasteiger partial charge in [0.25, 0.3) is 0 Å². The lowest BCUT2D eigenvalue weighted by Gasteiger charge is -2.08. The summed E-state index contributed by atoms with van der Waals surface area (Å²) in [5.74, 6) is 2.56. The molecule has 124 valence electrons. The number of hydrogen-bond acceptors (Lipinski definition) is 4. The molecular formula is C18H18ClN3OS. The first-order valence-corrected chi connectivity index (χ1v) is 8.98. The van der Waals surface area contributed by atoms with Crippen LogP contribution in [0.3, 0.4) is 0 Å². The van der Waals surface area contributed by atoms with Gasteiger partial charge in [0.1, 0.15) is 5.75 Å². The topological polar surface area (TPSA) is 39.9 Å². The van der Waals surface area contributed by atoms with Gasteiger partial charge in [0.15, 0.2) is 11.0 Å². The van der Waals surface area contributed by atoms with Gasteiger partial charge >= 0.3 is 0 Å². The average molecular weight is 360 g/mol. The molecule has 0 amide bonds. The Morgan fingerprint density at radius 2 is 1.83 bits per heavy atom. The number of aromatic nitrogens is 3. The highest BCUT2D eigenvalue weighted by Gasteiger charge is 2.11. The zero-order valence-electron chi connectivity index (χ0n) is 13.6. The predicted octanol–water partition coefficient (Wildman–Crippen LogP) is 4.62. The maximum Gasteiger partial charge on any atom is 0.191 e. The Labute approximate surface area is 150 Å². The van der Waals surface area contributed by atoms with Crippen LogP contribution < -0.4 is 4.74 Å². The van der Waals surface area contributed by atoms with Crippen LogP contribution in [0.5, 0.6) is 5.75 Å². The van der Waals surface area contributed by atoms with E-state index >= 15 is 0 Å². The molecule has 0 saturated carbocycles. The number of para-hydroxylation sites is 1. The van der Waals surface area contributed by atoms with Gasteiger partial charge in [-0.3, -0.25) is 0 Å². The molecule has 2 aromatic carbocycles. The van der Waals surface area contributed by atoms with Crippen molar-refractivity contribution >= 4 is 23.4 Å². The van der Waals surface area contributed by atoms with Gasteiger partial charge in [-0.1, -0.05) is 41.6 Å². The van der Waals surface area contributed by atoms with Crippen molar-refractivity contribution in [1.29, 1.82) is 0 Å². The number of hydrogen-bond donors (Lipinski definition) is 0. The van der Waals surface area contributed by atoms with Crippen molar-refractivity contribution in [2.24, 2.45) is 7.05 Å². The summed E-state index contributed by atoms with van der Waals surface area (Å²) in [6, 6.07) is 15.6. The maximum absolute atomic E-state index is 5.93. The third-order valence-electron chi connectivity index (χ3n) is 3.60. The SMILES string of the molecule is Cc1ccccc1OCCSc1nnc(-c2ccc(Cl)cc2)n1C. The van der Waals surface area contributed by atoms with Crippen LogP contribution in [0.4, 0.5) is 0 Å². The minimum atomic E-state index is 0.624. The van der Waals surface area contributed by atoms with Crippen LogP contribution in [0.2, 0.25) is 5.02 Å². The van der Waals surface area contributed by atoms with Gasteiger partial charge in [-0.2, -0.15) is 0 Å². The van der Waals surface area contributed by atoms with Crippen molar-refractivity contribution in [3.63, 3.8) is 0 Å². The Morgan fingerprint density at radius 1 is 1.08 bits per heavy atom. The maximum atomic E-state index is 5.93. The lowest BCUT2D eigenvalue weighted by atomic mass is 10.2. The van der Waals surface area contributed by atoms with Crippen LogP contribution in [0, 0.1) is 6.92 Å². The molecule has 0 aliphatic carbocycles. The zero-order chi connectivity index (χ0) is 16.9. The van der Waals surface area contributed by atoms with Crippen molar-refractivity contribution in [1.82, 2.24) is 14.8 Å². The molecule has 0 spiro atoms. The average Bonchev–Trinajstić information content (AvgIpc) is 2.95. The number of ether oxygens (including phenoxy) is 1. The molecule has 0 aliphatic rings. The van der Waals surface area contributed by atoms with Crippen LogP contribution in [0.15, 0.2) is 53.7 Å². The summed E-state index contributed by atoms with van der Waals surface area (Å²) in [6.07, 6.45) is 0. The van der Waals surface area contributed by atoms with E-state index in [1.165, 1.54) is 0 Å². The molecule has 0 unspecified atom stereocenters. The highest BCUT2D eigenvalue weighted by molar-refractivity contribution is 7.99. The molecule has 3 rings (SSSR count). The van der Waals surface area contributed by atoms with E-state index in [1.807, 2.05) is 67.1 Å². The molecule has 6 heteroatoms. The third kappa shape index (κ3) is 3.91. The monoisotopic (exact) mass is 359 g/mol. The highest BCUT2D eigenvalue weighted by Crippen LogP contribution is 2.24. The molecule has 0 saturated heterocycles. The second-order valence-electron chi connectivity index (χ2n) is 5.33. The highest BCUT2D eigenvalue weighted by atomic mass is 35.5. The Balaban J connectivity index is 1.58. The van der Waals surface area contributed by atoms with Crippen molar-refractivity contribution < 1.29 is 4.74 Å². The first-order chi connectivity index (χ1) is 11.6. The fourth-order valence-corrected chi connectivity index (χ4v) is 3.15. The Morgan fingerprint density at radius 3 is 2.58 bits per heavy atom. The minimum absolute atomic E-state index is 0.624. The summed E-state index contributed by atoms with van der Waals surface area (Å²) in [6.45, 7) is 2.67. The third-order valence-corrected chi connectivity index (χ3v) is 4.84. The van der Waals surface area contributed by atoms with Crippen LogP contribution >= 0.6 is 23.4 Å². The van der Waals surface area contributed by atoms with Gasteiger partial charge in [-0.15, -0.1) is 10.2 Å². The summed E-state index contributed by atoms with van der Waals surface area (Å²) in [4.78, 5) is 0. The molecule has 4 nitrogen and oxygen atoms in total. The van der Waals surface area contributed by atoms with Gasteiger partial charge in [-0.25, -0.2) is 0 Å². The van der Waals surface area contributed by atoms with E-state index in [9.17, 15) is 0 Å². The molecule has 3 aromatic rings. The smallest absolute Gasteiger partial charge is 0.191 e. The van der Waals surface area contributed by atoms with Crippen molar-refractivity contribution in [3.8, 4) is 17.1 Å². The van der Waals surface area contributed by atoms with Crippen molar-refractivity contribution in [2.45, 2.75) is 12.1 Å². The molecule has 0 fully saturated rings. The molecule has 24 heavy (non-hydrogen) atoms. The molecule has 0 N–H and O–H groups in total. The lowest BCUT2D eigenvalue weighted by Crippen LogP contribution is -2.03. The van der Waals surface area contributed by atoms with Gasteiger partial charge in [0.05, 0.1) is 6.61 Å². The molecule has 0 bridgehead atoms. The van der Waals surface area contributed by atoms with Crippen LogP contribution in [-0.2, 0) is 7.05 Å². The molecule has 0 aliphatic heterocycles. The fraction of sp³-hybridized carbons (Fsp3) is 0.222. The molecule has 0 atom stereocenters. The van der Waals surface area contributed by atoms with Crippen LogP contribution in [0.25, 0.3) is 11.4 Å².